The third kappa shape index (κ3) is 2.53. The third-order valence-corrected chi connectivity index (χ3v) is 5.84. The number of hydrogen-bond acceptors (Lipinski definition) is 4. The SMILES string of the molecule is O=c1cc(CN2CCCC3CCCCC32)nc2sccn12. The molecule has 0 amide bonds. The first-order valence-electron chi connectivity index (χ1n) is 8.01. The van der Waals surface area contributed by atoms with Crippen LogP contribution < -0.4 is 5.56 Å². The van der Waals surface area contributed by atoms with Crippen molar-refractivity contribution in [1.82, 2.24) is 14.3 Å². The third-order valence-electron chi connectivity index (χ3n) is 5.08. The fourth-order valence-corrected chi connectivity index (χ4v) is 4.84. The molecule has 2 unspecified atom stereocenters. The minimum atomic E-state index is 0.0495. The van der Waals surface area contributed by atoms with Crippen LogP contribution in [0.25, 0.3) is 4.96 Å². The van der Waals surface area contributed by atoms with E-state index in [0.717, 1.165) is 35.7 Å². The van der Waals surface area contributed by atoms with Crippen molar-refractivity contribution in [2.24, 2.45) is 5.92 Å². The predicted molar refractivity (Wildman–Crippen MR) is 84.7 cm³/mol. The first-order chi connectivity index (χ1) is 10.3. The molecule has 1 aliphatic carbocycles. The summed E-state index contributed by atoms with van der Waals surface area (Å²) in [5, 5.41) is 1.92. The maximum absolute atomic E-state index is 12.1. The van der Waals surface area contributed by atoms with Crippen LogP contribution in [-0.2, 0) is 6.54 Å². The van der Waals surface area contributed by atoms with Gasteiger partial charge in [-0.05, 0) is 38.1 Å². The highest BCUT2D eigenvalue weighted by Crippen LogP contribution is 2.35. The van der Waals surface area contributed by atoms with Crippen LogP contribution in [0, 0.1) is 5.92 Å². The predicted octanol–water partition coefficient (Wildman–Crippen LogP) is 2.91. The van der Waals surface area contributed by atoms with E-state index in [9.17, 15) is 4.79 Å². The topological polar surface area (TPSA) is 37.6 Å². The Labute approximate surface area is 128 Å². The number of rotatable bonds is 2. The quantitative estimate of drug-likeness (QED) is 0.856. The number of piperidine rings is 1. The Morgan fingerprint density at radius 2 is 2.10 bits per heavy atom. The number of fused-ring (bicyclic) bond motifs is 2. The van der Waals surface area contributed by atoms with Gasteiger partial charge >= 0.3 is 0 Å². The number of nitrogens with zero attached hydrogens (tertiary/aromatic N) is 3. The van der Waals surface area contributed by atoms with E-state index in [-0.39, 0.29) is 5.56 Å². The fourth-order valence-electron chi connectivity index (χ4n) is 4.10. The molecule has 1 saturated heterocycles. The van der Waals surface area contributed by atoms with E-state index in [1.807, 2.05) is 5.38 Å². The standard InChI is InChI=1S/C16H21N3OS/c20-15-10-13(17-16-19(15)8-9-21-16)11-18-7-3-5-12-4-1-2-6-14(12)18/h8-10,12,14H,1-7,11H2. The Morgan fingerprint density at radius 1 is 1.24 bits per heavy atom. The molecule has 0 spiro atoms. The van der Waals surface area contributed by atoms with Crippen molar-refractivity contribution in [3.63, 3.8) is 0 Å². The molecule has 4 nitrogen and oxygen atoms in total. The Kier molecular flexibility index (Phi) is 3.55. The largest absolute Gasteiger partial charge is 0.294 e. The highest BCUT2D eigenvalue weighted by molar-refractivity contribution is 7.15. The summed E-state index contributed by atoms with van der Waals surface area (Å²) in [5.41, 5.74) is 0.988. The Bertz CT molecular complexity index is 690. The second-order valence-electron chi connectivity index (χ2n) is 6.37. The molecule has 1 saturated carbocycles. The average Bonchev–Trinajstić information content (AvgIpc) is 2.97. The Morgan fingerprint density at radius 3 is 3.05 bits per heavy atom. The summed E-state index contributed by atoms with van der Waals surface area (Å²) in [6, 6.07) is 2.43. The van der Waals surface area contributed by atoms with Gasteiger partial charge in [0.1, 0.15) is 0 Å². The molecule has 2 aliphatic rings. The lowest BCUT2D eigenvalue weighted by molar-refractivity contribution is 0.0537. The zero-order valence-corrected chi connectivity index (χ0v) is 13.0. The normalized spacial score (nSPS) is 26.9. The van der Waals surface area contributed by atoms with E-state index in [0.29, 0.717) is 0 Å². The molecule has 112 valence electrons. The average molecular weight is 303 g/mol. The molecule has 2 aromatic heterocycles. The summed E-state index contributed by atoms with van der Waals surface area (Å²) in [4.78, 5) is 20.2. The monoisotopic (exact) mass is 303 g/mol. The van der Waals surface area contributed by atoms with Crippen LogP contribution in [0.5, 0.6) is 0 Å². The van der Waals surface area contributed by atoms with Crippen molar-refractivity contribution in [2.45, 2.75) is 51.1 Å². The minimum absolute atomic E-state index is 0.0495. The molecular weight excluding hydrogens is 282 g/mol. The lowest BCUT2D eigenvalue weighted by atomic mass is 9.78. The van der Waals surface area contributed by atoms with Crippen molar-refractivity contribution in [3.05, 3.63) is 33.7 Å². The summed E-state index contributed by atoms with van der Waals surface area (Å²) >= 11 is 1.53. The van der Waals surface area contributed by atoms with Crippen molar-refractivity contribution in [3.8, 4) is 0 Å². The summed E-state index contributed by atoms with van der Waals surface area (Å²) in [6.45, 7) is 2.00. The molecular formula is C16H21N3OS. The molecule has 5 heteroatoms. The van der Waals surface area contributed by atoms with Crippen LogP contribution in [0.4, 0.5) is 0 Å². The molecule has 0 aromatic carbocycles. The molecule has 0 bridgehead atoms. The van der Waals surface area contributed by atoms with Crippen LogP contribution in [0.1, 0.15) is 44.2 Å². The first kappa shape index (κ1) is 13.5. The number of aromatic nitrogens is 2. The van der Waals surface area contributed by atoms with Crippen molar-refractivity contribution < 1.29 is 0 Å². The maximum atomic E-state index is 12.1. The van der Waals surface area contributed by atoms with Crippen LogP contribution >= 0.6 is 11.3 Å². The van der Waals surface area contributed by atoms with Gasteiger partial charge in [-0.3, -0.25) is 14.1 Å². The van der Waals surface area contributed by atoms with Gasteiger partial charge < -0.3 is 0 Å². The highest BCUT2D eigenvalue weighted by atomic mass is 32.1. The van der Waals surface area contributed by atoms with Crippen LogP contribution in [0.15, 0.2) is 22.4 Å². The molecule has 3 heterocycles. The maximum Gasteiger partial charge on any atom is 0.258 e. The van der Waals surface area contributed by atoms with Gasteiger partial charge in [-0.25, -0.2) is 4.98 Å². The lowest BCUT2D eigenvalue weighted by Gasteiger charge is -2.44. The van der Waals surface area contributed by atoms with E-state index in [4.69, 9.17) is 0 Å². The summed E-state index contributed by atoms with van der Waals surface area (Å²) in [5.74, 6) is 0.874. The lowest BCUT2D eigenvalue weighted by Crippen LogP contribution is -2.46. The molecule has 2 aromatic rings. The first-order valence-corrected chi connectivity index (χ1v) is 8.89. The van der Waals surface area contributed by atoms with Gasteiger partial charge in [-0.2, -0.15) is 0 Å². The van der Waals surface area contributed by atoms with Crippen LogP contribution in [-0.4, -0.2) is 26.9 Å². The van der Waals surface area contributed by atoms with E-state index < -0.39 is 0 Å². The highest BCUT2D eigenvalue weighted by Gasteiger charge is 2.33. The van der Waals surface area contributed by atoms with Gasteiger partial charge in [0.05, 0.1) is 5.69 Å². The second kappa shape index (κ2) is 5.54. The molecule has 2 fully saturated rings. The van der Waals surface area contributed by atoms with Crippen LogP contribution in [0.3, 0.4) is 0 Å². The van der Waals surface area contributed by atoms with Crippen molar-refractivity contribution in [1.29, 1.82) is 0 Å². The van der Waals surface area contributed by atoms with Gasteiger partial charge in [0.15, 0.2) is 4.96 Å². The minimum Gasteiger partial charge on any atom is -0.294 e. The van der Waals surface area contributed by atoms with Gasteiger partial charge in [0.2, 0.25) is 0 Å². The van der Waals surface area contributed by atoms with E-state index in [1.165, 1.54) is 49.9 Å². The smallest absolute Gasteiger partial charge is 0.258 e. The van der Waals surface area contributed by atoms with Crippen molar-refractivity contribution in [2.75, 3.05) is 6.54 Å². The van der Waals surface area contributed by atoms with E-state index in [2.05, 4.69) is 9.88 Å². The summed E-state index contributed by atoms with van der Waals surface area (Å²) in [6.07, 6.45) is 9.96. The molecule has 1 aliphatic heterocycles. The second-order valence-corrected chi connectivity index (χ2v) is 7.24. The van der Waals surface area contributed by atoms with Crippen LogP contribution in [0.2, 0.25) is 0 Å². The molecule has 4 rings (SSSR count). The molecule has 0 radical (unpaired) electrons. The number of thiazole rings is 1. The van der Waals surface area contributed by atoms with Gasteiger partial charge in [-0.1, -0.05) is 12.8 Å². The van der Waals surface area contributed by atoms with Gasteiger partial charge in [-0.15, -0.1) is 11.3 Å². The molecule has 0 N–H and O–H groups in total. The Hall–Kier alpha value is -1.20. The number of likely N-dealkylation sites (tertiary alicyclic amines) is 1. The zero-order valence-electron chi connectivity index (χ0n) is 12.2. The zero-order chi connectivity index (χ0) is 14.2. The van der Waals surface area contributed by atoms with Crippen molar-refractivity contribution >= 4 is 16.3 Å². The van der Waals surface area contributed by atoms with Gasteiger partial charge in [0.25, 0.3) is 5.56 Å². The van der Waals surface area contributed by atoms with E-state index in [1.54, 1.807) is 16.7 Å². The molecule has 2 atom stereocenters. The fraction of sp³-hybridized carbons (Fsp3) is 0.625. The summed E-state index contributed by atoms with van der Waals surface area (Å²) in [7, 11) is 0. The number of hydrogen-bond donors (Lipinski definition) is 0. The Balaban J connectivity index is 1.59. The molecule has 21 heavy (non-hydrogen) atoms. The van der Waals surface area contributed by atoms with Gasteiger partial charge in [0, 0.05) is 30.2 Å². The summed E-state index contributed by atoms with van der Waals surface area (Å²) < 4.78 is 1.63. The van der Waals surface area contributed by atoms with E-state index >= 15 is 0 Å².